The Kier molecular flexibility index (Phi) is 3.90. The molecule has 0 spiro atoms. The lowest BCUT2D eigenvalue weighted by molar-refractivity contribution is -0.131. The van der Waals surface area contributed by atoms with Crippen molar-refractivity contribution in [2.75, 3.05) is 5.32 Å². The molecule has 6 heteroatoms. The summed E-state index contributed by atoms with van der Waals surface area (Å²) in [5, 5.41) is 20.1. The summed E-state index contributed by atoms with van der Waals surface area (Å²) in [5.74, 6) is -2.16. The van der Waals surface area contributed by atoms with E-state index in [-0.39, 0.29) is 16.5 Å². The van der Waals surface area contributed by atoms with Crippen LogP contribution in [0, 0.1) is 0 Å². The molecular weight excluding hydrogens is 234 g/mol. The van der Waals surface area contributed by atoms with Crippen LogP contribution in [-0.2, 0) is 9.59 Å². The van der Waals surface area contributed by atoms with Gasteiger partial charge in [0.1, 0.15) is 0 Å². The molecule has 0 atom stereocenters. The highest BCUT2D eigenvalue weighted by molar-refractivity contribution is 6.32. The van der Waals surface area contributed by atoms with Gasteiger partial charge in [-0.3, -0.25) is 4.79 Å². The van der Waals surface area contributed by atoms with Crippen LogP contribution in [0.3, 0.4) is 0 Å². The second kappa shape index (κ2) is 5.18. The zero-order valence-corrected chi connectivity index (χ0v) is 8.73. The minimum atomic E-state index is -1.23. The van der Waals surface area contributed by atoms with E-state index in [1.165, 1.54) is 12.1 Å². The van der Waals surface area contributed by atoms with Gasteiger partial charge in [0.05, 0.1) is 10.7 Å². The zero-order chi connectivity index (χ0) is 12.1. The number of rotatable bonds is 3. The molecule has 0 bridgehead atoms. The van der Waals surface area contributed by atoms with Crippen molar-refractivity contribution in [1.29, 1.82) is 0 Å². The lowest BCUT2D eigenvalue weighted by Gasteiger charge is -2.05. The number of carbonyl (C=O) groups is 2. The first-order valence-electron chi connectivity index (χ1n) is 4.20. The monoisotopic (exact) mass is 241 g/mol. The van der Waals surface area contributed by atoms with Crippen molar-refractivity contribution in [3.05, 3.63) is 35.4 Å². The molecule has 1 amide bonds. The van der Waals surface area contributed by atoms with Crippen LogP contribution in [0.5, 0.6) is 5.75 Å². The van der Waals surface area contributed by atoms with E-state index >= 15 is 0 Å². The summed E-state index contributed by atoms with van der Waals surface area (Å²) in [4.78, 5) is 21.3. The van der Waals surface area contributed by atoms with Crippen molar-refractivity contribution >= 4 is 29.2 Å². The van der Waals surface area contributed by atoms with Crippen LogP contribution < -0.4 is 5.32 Å². The van der Waals surface area contributed by atoms with Crippen LogP contribution in [0.15, 0.2) is 30.4 Å². The SMILES string of the molecule is O=C(O)C=CC(=O)Nc1cccc(Cl)c1O. The van der Waals surface area contributed by atoms with Gasteiger partial charge in [0.2, 0.25) is 5.91 Å². The van der Waals surface area contributed by atoms with E-state index in [9.17, 15) is 14.7 Å². The average molecular weight is 242 g/mol. The van der Waals surface area contributed by atoms with Gasteiger partial charge in [-0.25, -0.2) is 4.79 Å². The van der Waals surface area contributed by atoms with Gasteiger partial charge in [-0.1, -0.05) is 17.7 Å². The lowest BCUT2D eigenvalue weighted by Crippen LogP contribution is -2.08. The number of anilines is 1. The number of halogens is 1. The van der Waals surface area contributed by atoms with E-state index in [2.05, 4.69) is 5.32 Å². The molecule has 0 aliphatic rings. The smallest absolute Gasteiger partial charge is 0.328 e. The predicted octanol–water partition coefficient (Wildman–Crippen LogP) is 1.62. The summed E-state index contributed by atoms with van der Waals surface area (Å²) in [5.41, 5.74) is 0.118. The second-order valence-corrected chi connectivity index (χ2v) is 3.20. The molecule has 1 aromatic carbocycles. The maximum Gasteiger partial charge on any atom is 0.328 e. The van der Waals surface area contributed by atoms with Crippen LogP contribution in [0.1, 0.15) is 0 Å². The molecule has 3 N–H and O–H groups in total. The zero-order valence-electron chi connectivity index (χ0n) is 7.98. The fourth-order valence-corrected chi connectivity index (χ4v) is 1.11. The number of phenols is 1. The van der Waals surface area contributed by atoms with Crippen molar-refractivity contribution in [3.8, 4) is 5.75 Å². The normalized spacial score (nSPS) is 10.3. The maximum atomic E-state index is 11.2. The van der Waals surface area contributed by atoms with Crippen LogP contribution >= 0.6 is 11.6 Å². The Morgan fingerprint density at radius 2 is 2.00 bits per heavy atom. The third-order valence-corrected chi connectivity index (χ3v) is 1.93. The Morgan fingerprint density at radius 3 is 2.62 bits per heavy atom. The van der Waals surface area contributed by atoms with Crippen LogP contribution in [-0.4, -0.2) is 22.1 Å². The Hall–Kier alpha value is -2.01. The molecular formula is C10H8ClNO4. The van der Waals surface area contributed by atoms with Gasteiger partial charge in [0, 0.05) is 12.2 Å². The molecule has 1 aromatic rings. The largest absolute Gasteiger partial charge is 0.504 e. The summed E-state index contributed by atoms with van der Waals surface area (Å²) in [6, 6.07) is 4.44. The number of para-hydroxylation sites is 1. The Bertz CT molecular complexity index is 456. The first-order chi connectivity index (χ1) is 7.50. The van der Waals surface area contributed by atoms with E-state index in [1.54, 1.807) is 6.07 Å². The van der Waals surface area contributed by atoms with E-state index in [0.717, 1.165) is 6.08 Å². The Morgan fingerprint density at radius 1 is 1.31 bits per heavy atom. The number of amides is 1. The average Bonchev–Trinajstić information content (AvgIpc) is 2.22. The van der Waals surface area contributed by atoms with Crippen molar-refractivity contribution in [3.63, 3.8) is 0 Å². The predicted molar refractivity (Wildman–Crippen MR) is 58.5 cm³/mol. The molecule has 0 saturated heterocycles. The number of phenolic OH excluding ortho intramolecular Hbond substituents is 1. The third-order valence-electron chi connectivity index (χ3n) is 1.62. The number of hydrogen-bond acceptors (Lipinski definition) is 3. The Balaban J connectivity index is 2.78. The van der Waals surface area contributed by atoms with Gasteiger partial charge >= 0.3 is 5.97 Å². The van der Waals surface area contributed by atoms with Gasteiger partial charge in [-0.05, 0) is 12.1 Å². The quantitative estimate of drug-likeness (QED) is 0.554. The molecule has 0 saturated carbocycles. The number of carboxylic acid groups (broad SMARTS) is 1. The number of nitrogens with one attached hydrogen (secondary N) is 1. The first-order valence-corrected chi connectivity index (χ1v) is 4.58. The summed E-state index contributed by atoms with van der Waals surface area (Å²) in [6.45, 7) is 0. The number of carbonyl (C=O) groups excluding carboxylic acids is 1. The van der Waals surface area contributed by atoms with Gasteiger partial charge < -0.3 is 15.5 Å². The molecule has 0 aliphatic heterocycles. The fraction of sp³-hybridized carbons (Fsp3) is 0. The van der Waals surface area contributed by atoms with E-state index < -0.39 is 11.9 Å². The van der Waals surface area contributed by atoms with E-state index in [4.69, 9.17) is 16.7 Å². The standard InChI is InChI=1S/C10H8ClNO4/c11-6-2-1-3-7(10(6)16)12-8(13)4-5-9(14)15/h1-5,16H,(H,12,13)(H,14,15). The fourth-order valence-electron chi connectivity index (χ4n) is 0.938. The summed E-state index contributed by atoms with van der Waals surface area (Å²) >= 11 is 5.61. The first kappa shape index (κ1) is 12.1. The topological polar surface area (TPSA) is 86.6 Å². The molecule has 0 fully saturated rings. The molecule has 0 aliphatic carbocycles. The summed E-state index contributed by atoms with van der Waals surface area (Å²) in [6.07, 6.45) is 1.53. The third kappa shape index (κ3) is 3.29. The van der Waals surface area contributed by atoms with Crippen molar-refractivity contribution in [2.24, 2.45) is 0 Å². The van der Waals surface area contributed by atoms with Gasteiger partial charge in [-0.2, -0.15) is 0 Å². The summed E-state index contributed by atoms with van der Waals surface area (Å²) < 4.78 is 0. The minimum absolute atomic E-state index is 0.0972. The second-order valence-electron chi connectivity index (χ2n) is 2.80. The van der Waals surface area contributed by atoms with Gasteiger partial charge in [0.15, 0.2) is 5.75 Å². The number of aliphatic carboxylic acids is 1. The molecule has 5 nitrogen and oxygen atoms in total. The number of hydrogen-bond donors (Lipinski definition) is 3. The maximum absolute atomic E-state index is 11.2. The highest BCUT2D eigenvalue weighted by atomic mass is 35.5. The number of aromatic hydroxyl groups is 1. The number of carboxylic acids is 1. The van der Waals surface area contributed by atoms with E-state index in [0.29, 0.717) is 6.08 Å². The minimum Gasteiger partial charge on any atom is -0.504 e. The van der Waals surface area contributed by atoms with E-state index in [1.807, 2.05) is 0 Å². The number of benzene rings is 1. The van der Waals surface area contributed by atoms with Crippen molar-refractivity contribution in [2.45, 2.75) is 0 Å². The van der Waals surface area contributed by atoms with Crippen LogP contribution in [0.25, 0.3) is 0 Å². The highest BCUT2D eigenvalue weighted by Crippen LogP contribution is 2.30. The highest BCUT2D eigenvalue weighted by Gasteiger charge is 2.06. The molecule has 1 rings (SSSR count). The molecule has 0 radical (unpaired) electrons. The van der Waals surface area contributed by atoms with Crippen molar-refractivity contribution < 1.29 is 19.8 Å². The molecule has 0 heterocycles. The van der Waals surface area contributed by atoms with Gasteiger partial charge in [0.25, 0.3) is 0 Å². The molecule has 84 valence electrons. The van der Waals surface area contributed by atoms with Crippen molar-refractivity contribution in [1.82, 2.24) is 0 Å². The summed E-state index contributed by atoms with van der Waals surface area (Å²) in [7, 11) is 0. The van der Waals surface area contributed by atoms with Crippen LogP contribution in [0.2, 0.25) is 5.02 Å². The Labute approximate surface area is 96.0 Å². The molecule has 0 unspecified atom stereocenters. The van der Waals surface area contributed by atoms with Gasteiger partial charge in [-0.15, -0.1) is 0 Å². The lowest BCUT2D eigenvalue weighted by atomic mass is 10.3. The molecule has 16 heavy (non-hydrogen) atoms. The molecule has 0 aromatic heterocycles. The van der Waals surface area contributed by atoms with Crippen LogP contribution in [0.4, 0.5) is 5.69 Å².